The summed E-state index contributed by atoms with van der Waals surface area (Å²) in [4.78, 5) is 37.5. The fourth-order valence-corrected chi connectivity index (χ4v) is 5.79. The Morgan fingerprint density at radius 3 is 2.45 bits per heavy atom. The number of nitrogens with one attached hydrogen (secondary N) is 1. The number of aliphatic carboxylic acids is 1. The van der Waals surface area contributed by atoms with E-state index in [4.69, 9.17) is 5.11 Å². The Bertz CT molecular complexity index is 948. The Morgan fingerprint density at radius 1 is 1.12 bits per heavy atom. The van der Waals surface area contributed by atoms with E-state index in [1.807, 2.05) is 25.1 Å². The van der Waals surface area contributed by atoms with Crippen LogP contribution in [0.4, 0.5) is 5.69 Å². The number of anilines is 1. The number of hydrogen-bond acceptors (Lipinski definition) is 4. The van der Waals surface area contributed by atoms with Crippen LogP contribution < -0.4 is 10.2 Å². The molecule has 2 atom stereocenters. The van der Waals surface area contributed by atoms with Crippen molar-refractivity contribution in [3.63, 3.8) is 0 Å². The summed E-state index contributed by atoms with van der Waals surface area (Å²) in [7, 11) is 0. The molecule has 3 N–H and O–H groups in total. The molecule has 1 aromatic carbocycles. The molecule has 33 heavy (non-hydrogen) atoms. The van der Waals surface area contributed by atoms with Crippen molar-refractivity contribution in [3.05, 3.63) is 35.4 Å². The van der Waals surface area contributed by atoms with Crippen LogP contribution in [0, 0.1) is 11.8 Å². The molecular weight excluding hydrogens is 420 g/mol. The highest BCUT2D eigenvalue weighted by atomic mass is 16.4. The second-order valence-corrected chi connectivity index (χ2v) is 9.66. The van der Waals surface area contributed by atoms with Gasteiger partial charge >= 0.3 is 5.97 Å². The summed E-state index contributed by atoms with van der Waals surface area (Å²) in [5.41, 5.74) is 3.60. The molecular formula is C26H34N2O5. The van der Waals surface area contributed by atoms with Gasteiger partial charge in [0.05, 0.1) is 11.7 Å². The fourth-order valence-electron chi connectivity index (χ4n) is 5.79. The first-order valence-electron chi connectivity index (χ1n) is 12.2. The molecule has 0 bridgehead atoms. The lowest BCUT2D eigenvalue weighted by Gasteiger charge is -2.35. The number of carboxylic acid groups (broad SMARTS) is 1. The lowest BCUT2D eigenvalue weighted by atomic mass is 9.77. The van der Waals surface area contributed by atoms with Gasteiger partial charge in [-0.2, -0.15) is 0 Å². The van der Waals surface area contributed by atoms with E-state index < -0.39 is 18.2 Å². The van der Waals surface area contributed by atoms with E-state index in [2.05, 4.69) is 11.4 Å². The molecule has 1 aromatic rings. The Kier molecular flexibility index (Phi) is 7.17. The molecule has 3 aliphatic rings. The topological polar surface area (TPSA) is 107 Å². The third-order valence-corrected chi connectivity index (χ3v) is 7.62. The first-order valence-corrected chi connectivity index (χ1v) is 12.2. The van der Waals surface area contributed by atoms with E-state index in [0.717, 1.165) is 61.8 Å². The first kappa shape index (κ1) is 23.5. The van der Waals surface area contributed by atoms with Crippen LogP contribution >= 0.6 is 0 Å². The maximum Gasteiger partial charge on any atom is 0.303 e. The summed E-state index contributed by atoms with van der Waals surface area (Å²) in [6, 6.07) is 5.53. The summed E-state index contributed by atoms with van der Waals surface area (Å²) in [5.74, 6) is 0.144. The van der Waals surface area contributed by atoms with Crippen molar-refractivity contribution in [2.45, 2.75) is 83.4 Å². The van der Waals surface area contributed by atoms with Crippen molar-refractivity contribution in [1.82, 2.24) is 5.32 Å². The number of aryl methyl sites for hydroxylation is 1. The molecule has 1 saturated carbocycles. The van der Waals surface area contributed by atoms with E-state index in [9.17, 15) is 19.5 Å². The molecule has 2 unspecified atom stereocenters. The largest absolute Gasteiger partial charge is 0.481 e. The third kappa shape index (κ3) is 4.98. The van der Waals surface area contributed by atoms with Gasteiger partial charge in [-0.05, 0) is 56.1 Å². The highest BCUT2D eigenvalue weighted by Gasteiger charge is 2.42. The lowest BCUT2D eigenvalue weighted by Crippen LogP contribution is -2.56. The number of allylic oxidation sites excluding steroid dienone is 1. The second kappa shape index (κ2) is 10.1. The van der Waals surface area contributed by atoms with Crippen molar-refractivity contribution in [2.75, 3.05) is 4.90 Å². The predicted octanol–water partition coefficient (Wildman–Crippen LogP) is 3.64. The average molecular weight is 455 g/mol. The van der Waals surface area contributed by atoms with Crippen LogP contribution in [-0.4, -0.2) is 40.3 Å². The van der Waals surface area contributed by atoms with Gasteiger partial charge in [0.1, 0.15) is 6.23 Å². The van der Waals surface area contributed by atoms with Gasteiger partial charge in [-0.1, -0.05) is 43.9 Å². The smallest absolute Gasteiger partial charge is 0.303 e. The molecule has 1 saturated heterocycles. The Labute approximate surface area is 194 Å². The lowest BCUT2D eigenvalue weighted by molar-refractivity contribution is -0.137. The zero-order chi connectivity index (χ0) is 23.5. The van der Waals surface area contributed by atoms with Crippen LogP contribution in [0.3, 0.4) is 0 Å². The average Bonchev–Trinajstić information content (AvgIpc) is 3.08. The molecule has 2 amide bonds. The number of carbonyl (C=O) groups excluding carboxylic acids is 2. The van der Waals surface area contributed by atoms with Crippen molar-refractivity contribution < 1.29 is 24.6 Å². The van der Waals surface area contributed by atoms with Gasteiger partial charge < -0.3 is 20.4 Å². The molecule has 0 spiro atoms. The quantitative estimate of drug-likeness (QED) is 0.546. The van der Waals surface area contributed by atoms with E-state index >= 15 is 0 Å². The van der Waals surface area contributed by atoms with Crippen LogP contribution in [0.25, 0.3) is 5.57 Å². The SMILES string of the molecule is C/C=C1/C(=O)N(C2CCC(=O)NC2O)c2cccc(CCC3CCC(CCC(=O)O)CC3)c21. The fraction of sp³-hybridized carbons (Fsp3) is 0.577. The Hall–Kier alpha value is -2.67. The maximum absolute atomic E-state index is 13.3. The van der Waals surface area contributed by atoms with Crippen LogP contribution in [0.5, 0.6) is 0 Å². The molecule has 1 aliphatic carbocycles. The van der Waals surface area contributed by atoms with Gasteiger partial charge in [-0.3, -0.25) is 14.4 Å². The number of aliphatic hydroxyl groups excluding tert-OH is 1. The van der Waals surface area contributed by atoms with Crippen molar-refractivity contribution in [1.29, 1.82) is 0 Å². The monoisotopic (exact) mass is 454 g/mol. The molecule has 7 heteroatoms. The predicted molar refractivity (Wildman–Crippen MR) is 125 cm³/mol. The maximum atomic E-state index is 13.3. The number of amides is 2. The van der Waals surface area contributed by atoms with Crippen molar-refractivity contribution in [2.24, 2.45) is 11.8 Å². The third-order valence-electron chi connectivity index (χ3n) is 7.62. The minimum Gasteiger partial charge on any atom is -0.481 e. The molecule has 2 aliphatic heterocycles. The molecule has 7 nitrogen and oxygen atoms in total. The second-order valence-electron chi connectivity index (χ2n) is 9.66. The molecule has 0 aromatic heterocycles. The first-order chi connectivity index (χ1) is 15.9. The van der Waals surface area contributed by atoms with Gasteiger partial charge in [-0.15, -0.1) is 0 Å². The van der Waals surface area contributed by atoms with E-state index in [1.54, 1.807) is 4.90 Å². The standard InChI is InChI=1S/C26H34N2O5/c1-2-19-24-18(12-10-16-6-8-17(9-7-16)11-15-23(30)31)4-3-5-20(24)28(26(19)33)21-13-14-22(29)27-25(21)32/h2-5,16-17,21,25,32H,6-15H2,1H3,(H,27,29)(H,30,31)/b19-2+. The van der Waals surface area contributed by atoms with E-state index in [-0.39, 0.29) is 18.2 Å². The normalized spacial score (nSPS) is 28.7. The van der Waals surface area contributed by atoms with Crippen molar-refractivity contribution in [3.8, 4) is 0 Å². The van der Waals surface area contributed by atoms with Crippen LogP contribution in [-0.2, 0) is 20.8 Å². The highest BCUT2D eigenvalue weighted by Crippen LogP contribution is 2.43. The molecule has 0 radical (unpaired) electrons. The number of rotatable bonds is 7. The van der Waals surface area contributed by atoms with Crippen molar-refractivity contribution >= 4 is 29.0 Å². The molecule has 2 heterocycles. The minimum atomic E-state index is -1.07. The summed E-state index contributed by atoms with van der Waals surface area (Å²) < 4.78 is 0. The zero-order valence-electron chi connectivity index (χ0n) is 19.3. The van der Waals surface area contributed by atoms with Crippen LogP contribution in [0.2, 0.25) is 0 Å². The summed E-state index contributed by atoms with van der Waals surface area (Å²) >= 11 is 0. The van der Waals surface area contributed by atoms with Crippen LogP contribution in [0.15, 0.2) is 24.3 Å². The van der Waals surface area contributed by atoms with Gasteiger partial charge in [0.25, 0.3) is 5.91 Å². The van der Waals surface area contributed by atoms with Gasteiger partial charge in [0.2, 0.25) is 5.91 Å². The molecule has 178 valence electrons. The molecule has 2 fully saturated rings. The molecule has 4 rings (SSSR count). The number of nitrogens with zero attached hydrogens (tertiary/aromatic N) is 1. The number of fused-ring (bicyclic) bond motifs is 1. The Morgan fingerprint density at radius 2 is 1.82 bits per heavy atom. The summed E-state index contributed by atoms with van der Waals surface area (Å²) in [5, 5.41) is 21.9. The number of hydrogen-bond donors (Lipinski definition) is 3. The number of aliphatic hydroxyl groups is 1. The number of carbonyl (C=O) groups is 3. The van der Waals surface area contributed by atoms with Gasteiger partial charge in [0.15, 0.2) is 0 Å². The summed E-state index contributed by atoms with van der Waals surface area (Å²) in [6.07, 6.45) is 8.96. The van der Waals surface area contributed by atoms with Crippen LogP contribution in [0.1, 0.15) is 75.8 Å². The minimum absolute atomic E-state index is 0.112. The number of piperidine rings is 1. The highest BCUT2D eigenvalue weighted by molar-refractivity contribution is 6.33. The Balaban J connectivity index is 1.45. The number of benzene rings is 1. The number of carboxylic acids is 1. The summed E-state index contributed by atoms with van der Waals surface area (Å²) in [6.45, 7) is 1.87. The zero-order valence-corrected chi connectivity index (χ0v) is 19.3. The van der Waals surface area contributed by atoms with Gasteiger partial charge in [-0.25, -0.2) is 0 Å². The van der Waals surface area contributed by atoms with Gasteiger partial charge in [0, 0.05) is 24.0 Å². The van der Waals surface area contributed by atoms with E-state index in [1.165, 1.54) is 0 Å². The van der Waals surface area contributed by atoms with E-state index in [0.29, 0.717) is 30.3 Å².